The van der Waals surface area contributed by atoms with Gasteiger partial charge in [-0.15, -0.1) is 0 Å². The molecular formula is C10H12ClN. The number of hydrogen-bond donors (Lipinski definition) is 0. The van der Waals surface area contributed by atoms with Gasteiger partial charge in [0.2, 0.25) is 0 Å². The van der Waals surface area contributed by atoms with Crippen LogP contribution in [0.4, 0.5) is 5.69 Å². The maximum Gasteiger partial charge on any atom is 0.0426 e. The molecule has 1 nitrogen and oxygen atoms in total. The molecule has 0 bridgehead atoms. The second kappa shape index (κ2) is 2.98. The van der Waals surface area contributed by atoms with E-state index < -0.39 is 0 Å². The number of halogens is 1. The average Bonchev–Trinajstić information content (AvgIpc) is 2.85. The number of rotatable bonds is 2. The number of benzene rings is 1. The molecule has 0 N–H and O–H groups in total. The summed E-state index contributed by atoms with van der Waals surface area (Å²) in [5.41, 5.74) is 1.23. The van der Waals surface area contributed by atoms with Crippen LogP contribution >= 0.6 is 11.6 Å². The lowest BCUT2D eigenvalue weighted by atomic mass is 10.3. The first-order valence-corrected chi connectivity index (χ1v) is 4.63. The quantitative estimate of drug-likeness (QED) is 0.678. The van der Waals surface area contributed by atoms with Gasteiger partial charge in [0.1, 0.15) is 0 Å². The third-order valence-electron chi connectivity index (χ3n) is 2.31. The van der Waals surface area contributed by atoms with Crippen molar-refractivity contribution in [2.75, 3.05) is 11.9 Å². The van der Waals surface area contributed by atoms with Gasteiger partial charge in [-0.05, 0) is 31.0 Å². The summed E-state index contributed by atoms with van der Waals surface area (Å²) in [4.78, 5) is 2.30. The summed E-state index contributed by atoms with van der Waals surface area (Å²) < 4.78 is 0. The zero-order chi connectivity index (χ0) is 8.55. The zero-order valence-corrected chi connectivity index (χ0v) is 7.88. The Morgan fingerprint density at radius 3 is 2.75 bits per heavy atom. The van der Waals surface area contributed by atoms with Crippen LogP contribution in [0.3, 0.4) is 0 Å². The van der Waals surface area contributed by atoms with E-state index in [0.717, 1.165) is 11.1 Å². The Morgan fingerprint density at radius 1 is 1.42 bits per heavy atom. The molecule has 0 atom stereocenters. The molecule has 0 aliphatic heterocycles. The van der Waals surface area contributed by atoms with Crippen molar-refractivity contribution in [1.82, 2.24) is 0 Å². The molecule has 1 fully saturated rings. The highest BCUT2D eigenvalue weighted by Crippen LogP contribution is 2.30. The van der Waals surface area contributed by atoms with Crippen LogP contribution in [0.15, 0.2) is 24.3 Å². The fourth-order valence-corrected chi connectivity index (χ4v) is 1.55. The van der Waals surface area contributed by atoms with Gasteiger partial charge < -0.3 is 4.90 Å². The minimum absolute atomic E-state index is 0.753. The molecule has 1 saturated carbocycles. The van der Waals surface area contributed by atoms with Gasteiger partial charge in [0.05, 0.1) is 0 Å². The van der Waals surface area contributed by atoms with E-state index in [0.29, 0.717) is 0 Å². The molecule has 2 heteroatoms. The fourth-order valence-electron chi connectivity index (χ4n) is 1.37. The minimum Gasteiger partial charge on any atom is -0.372 e. The first-order valence-electron chi connectivity index (χ1n) is 4.26. The number of hydrogen-bond acceptors (Lipinski definition) is 1. The smallest absolute Gasteiger partial charge is 0.0426 e. The monoisotopic (exact) mass is 181 g/mol. The van der Waals surface area contributed by atoms with Crippen LogP contribution < -0.4 is 4.90 Å². The first kappa shape index (κ1) is 7.93. The lowest BCUT2D eigenvalue weighted by Crippen LogP contribution is -2.18. The molecule has 0 saturated heterocycles. The van der Waals surface area contributed by atoms with Gasteiger partial charge in [0.25, 0.3) is 0 Å². The summed E-state index contributed by atoms with van der Waals surface area (Å²) in [5, 5.41) is 0.819. The average molecular weight is 182 g/mol. The summed E-state index contributed by atoms with van der Waals surface area (Å²) >= 11 is 5.89. The molecule has 0 unspecified atom stereocenters. The molecule has 64 valence electrons. The van der Waals surface area contributed by atoms with Crippen molar-refractivity contribution in [3.63, 3.8) is 0 Å². The van der Waals surface area contributed by atoms with E-state index in [4.69, 9.17) is 11.6 Å². The zero-order valence-electron chi connectivity index (χ0n) is 7.13. The van der Waals surface area contributed by atoms with Crippen LogP contribution in [0, 0.1) is 0 Å². The van der Waals surface area contributed by atoms with Crippen molar-refractivity contribution in [2.24, 2.45) is 0 Å². The second-order valence-electron chi connectivity index (χ2n) is 3.32. The maximum atomic E-state index is 5.89. The summed E-state index contributed by atoms with van der Waals surface area (Å²) in [6.45, 7) is 0. The van der Waals surface area contributed by atoms with Gasteiger partial charge in [-0.1, -0.05) is 17.7 Å². The van der Waals surface area contributed by atoms with Crippen molar-refractivity contribution in [3.05, 3.63) is 29.3 Å². The third-order valence-corrected chi connectivity index (χ3v) is 2.55. The second-order valence-corrected chi connectivity index (χ2v) is 3.76. The number of anilines is 1. The Labute approximate surface area is 77.9 Å². The topological polar surface area (TPSA) is 3.24 Å². The van der Waals surface area contributed by atoms with E-state index in [1.54, 1.807) is 0 Å². The van der Waals surface area contributed by atoms with Crippen molar-refractivity contribution >= 4 is 17.3 Å². The SMILES string of the molecule is CN(c1cccc(Cl)c1)C1CC1. The summed E-state index contributed by atoms with van der Waals surface area (Å²) in [6, 6.07) is 8.77. The van der Waals surface area contributed by atoms with E-state index >= 15 is 0 Å². The molecule has 0 spiro atoms. The fraction of sp³-hybridized carbons (Fsp3) is 0.400. The Hall–Kier alpha value is -0.690. The van der Waals surface area contributed by atoms with Crippen molar-refractivity contribution in [3.8, 4) is 0 Å². The lowest BCUT2D eigenvalue weighted by molar-refractivity contribution is 0.917. The minimum atomic E-state index is 0.753. The van der Waals surface area contributed by atoms with Crippen LogP contribution in [0.1, 0.15) is 12.8 Å². The van der Waals surface area contributed by atoms with Gasteiger partial charge in [-0.25, -0.2) is 0 Å². The van der Waals surface area contributed by atoms with Gasteiger partial charge in [0, 0.05) is 23.8 Å². The maximum absolute atomic E-state index is 5.89. The van der Waals surface area contributed by atoms with Gasteiger partial charge in [-0.3, -0.25) is 0 Å². The Kier molecular flexibility index (Phi) is 1.97. The van der Waals surface area contributed by atoms with Gasteiger partial charge >= 0.3 is 0 Å². The van der Waals surface area contributed by atoms with Crippen LogP contribution in [0.25, 0.3) is 0 Å². The van der Waals surface area contributed by atoms with Crippen molar-refractivity contribution < 1.29 is 0 Å². The summed E-state index contributed by atoms with van der Waals surface area (Å²) in [5.74, 6) is 0. The highest BCUT2D eigenvalue weighted by atomic mass is 35.5. The molecule has 12 heavy (non-hydrogen) atoms. The molecule has 0 aromatic heterocycles. The van der Waals surface area contributed by atoms with Crippen LogP contribution in [0.5, 0.6) is 0 Å². The molecule has 0 heterocycles. The summed E-state index contributed by atoms with van der Waals surface area (Å²) in [7, 11) is 2.13. The van der Waals surface area contributed by atoms with E-state index in [9.17, 15) is 0 Å². The number of nitrogens with zero attached hydrogens (tertiary/aromatic N) is 1. The molecule has 0 radical (unpaired) electrons. The largest absolute Gasteiger partial charge is 0.372 e. The molecule has 1 aromatic rings. The molecule has 1 aliphatic carbocycles. The highest BCUT2D eigenvalue weighted by molar-refractivity contribution is 6.30. The van der Waals surface area contributed by atoms with E-state index in [2.05, 4.69) is 18.0 Å². The Bertz CT molecular complexity index is 281. The molecule has 1 aliphatic rings. The van der Waals surface area contributed by atoms with Crippen LogP contribution in [-0.4, -0.2) is 13.1 Å². The van der Waals surface area contributed by atoms with E-state index in [1.807, 2.05) is 18.2 Å². The van der Waals surface area contributed by atoms with Crippen molar-refractivity contribution in [1.29, 1.82) is 0 Å². The van der Waals surface area contributed by atoms with Crippen LogP contribution in [0.2, 0.25) is 5.02 Å². The predicted molar refractivity (Wildman–Crippen MR) is 52.9 cm³/mol. The highest BCUT2D eigenvalue weighted by Gasteiger charge is 2.26. The normalized spacial score (nSPS) is 16.2. The standard InChI is InChI=1S/C10H12ClN/c1-12(9-5-6-9)10-4-2-3-8(11)7-10/h2-4,7,9H,5-6H2,1H3. The molecule has 2 rings (SSSR count). The Balaban J connectivity index is 2.20. The van der Waals surface area contributed by atoms with E-state index in [1.165, 1.54) is 18.5 Å². The van der Waals surface area contributed by atoms with Crippen LogP contribution in [-0.2, 0) is 0 Å². The summed E-state index contributed by atoms with van der Waals surface area (Å²) in [6.07, 6.45) is 2.64. The third kappa shape index (κ3) is 1.56. The predicted octanol–water partition coefficient (Wildman–Crippen LogP) is 2.94. The lowest BCUT2D eigenvalue weighted by Gasteiger charge is -2.18. The van der Waals surface area contributed by atoms with Gasteiger partial charge in [-0.2, -0.15) is 0 Å². The molecule has 1 aromatic carbocycles. The molecule has 0 amide bonds. The van der Waals surface area contributed by atoms with E-state index in [-0.39, 0.29) is 0 Å². The first-order chi connectivity index (χ1) is 5.77. The Morgan fingerprint density at radius 2 is 2.17 bits per heavy atom. The van der Waals surface area contributed by atoms with Crippen molar-refractivity contribution in [2.45, 2.75) is 18.9 Å². The van der Waals surface area contributed by atoms with Gasteiger partial charge in [0.15, 0.2) is 0 Å². The molecular weight excluding hydrogens is 170 g/mol.